The van der Waals surface area contributed by atoms with E-state index < -0.39 is 0 Å². The zero-order chi connectivity index (χ0) is 25.6. The third kappa shape index (κ3) is 4.97. The van der Waals surface area contributed by atoms with Crippen LogP contribution in [0.5, 0.6) is 5.75 Å². The van der Waals surface area contributed by atoms with Gasteiger partial charge in [-0.05, 0) is 93.3 Å². The Hall–Kier alpha value is -2.25. The van der Waals surface area contributed by atoms with Crippen LogP contribution in [0.3, 0.4) is 0 Å². The number of likely N-dealkylation sites (N-methyl/N-ethyl adjacent to an activating group) is 1. The van der Waals surface area contributed by atoms with Gasteiger partial charge in [0.1, 0.15) is 10.8 Å². The lowest BCUT2D eigenvalue weighted by atomic mass is 9.66. The summed E-state index contributed by atoms with van der Waals surface area (Å²) in [5.41, 5.74) is 7.88. The minimum absolute atomic E-state index is 0.0585. The second kappa shape index (κ2) is 10.1. The summed E-state index contributed by atoms with van der Waals surface area (Å²) in [6.45, 7) is 10.6. The molecule has 1 spiro atoms. The molecule has 0 amide bonds. The first-order valence-corrected chi connectivity index (χ1v) is 14.6. The Balaban J connectivity index is 1.13. The van der Waals surface area contributed by atoms with E-state index in [-0.39, 0.29) is 6.10 Å². The Morgan fingerprint density at radius 1 is 1.05 bits per heavy atom. The predicted octanol–water partition coefficient (Wildman–Crippen LogP) is 5.70. The van der Waals surface area contributed by atoms with Crippen molar-refractivity contribution in [2.24, 2.45) is 5.41 Å². The first-order chi connectivity index (χ1) is 17.9. The monoisotopic (exact) mass is 517 g/mol. The number of hydrogen-bond acceptors (Lipinski definition) is 6. The van der Waals surface area contributed by atoms with Gasteiger partial charge in [0.25, 0.3) is 0 Å². The average Bonchev–Trinajstić information content (AvgIpc) is 3.47. The molecular weight excluding hydrogens is 478 g/mol. The minimum Gasteiger partial charge on any atom is -0.493 e. The number of aliphatic hydroxyl groups is 1. The van der Waals surface area contributed by atoms with E-state index in [0.717, 1.165) is 75.8 Å². The van der Waals surface area contributed by atoms with Gasteiger partial charge in [0.15, 0.2) is 0 Å². The van der Waals surface area contributed by atoms with E-state index >= 15 is 0 Å². The molecule has 5 nitrogen and oxygen atoms in total. The molecular formula is C31H39N3O2S. The van der Waals surface area contributed by atoms with Gasteiger partial charge in [-0.1, -0.05) is 30.3 Å². The molecule has 0 unspecified atom stereocenters. The van der Waals surface area contributed by atoms with Crippen molar-refractivity contribution in [1.29, 1.82) is 0 Å². The van der Waals surface area contributed by atoms with Gasteiger partial charge in [-0.2, -0.15) is 0 Å². The topological polar surface area (TPSA) is 48.8 Å². The molecule has 196 valence electrons. The molecule has 1 saturated carbocycles. The number of aromatic nitrogens is 1. The Labute approximate surface area is 225 Å². The molecule has 3 aliphatic rings. The molecule has 2 aromatic carbocycles. The number of benzene rings is 2. The lowest BCUT2D eigenvalue weighted by Crippen LogP contribution is -2.43. The van der Waals surface area contributed by atoms with Gasteiger partial charge in [0.05, 0.1) is 18.4 Å². The third-order valence-corrected chi connectivity index (χ3v) is 9.98. The highest BCUT2D eigenvalue weighted by molar-refractivity contribution is 7.15. The Morgan fingerprint density at radius 3 is 2.62 bits per heavy atom. The van der Waals surface area contributed by atoms with Crippen LogP contribution in [0.2, 0.25) is 0 Å². The van der Waals surface area contributed by atoms with E-state index in [0.29, 0.717) is 5.41 Å². The van der Waals surface area contributed by atoms with Crippen LogP contribution in [0.15, 0.2) is 36.4 Å². The van der Waals surface area contributed by atoms with Crippen LogP contribution in [0.25, 0.3) is 21.7 Å². The van der Waals surface area contributed by atoms with Crippen molar-refractivity contribution < 1.29 is 9.84 Å². The second-order valence-electron chi connectivity index (χ2n) is 11.6. The number of nitrogens with zero attached hydrogens (tertiary/aromatic N) is 3. The third-order valence-electron chi connectivity index (χ3n) is 8.79. The standard InChI is InChI=1S/C31H39N3O2S/c1-21-24(7-4-9-26(21)30-32-27-19-33(3)14-11-29(27)37-30)25-8-5-10-28(22(25)2)36-16-6-13-34-15-12-31(20-34)17-23(35)18-31/h4-5,7-10,23,35H,6,11-20H2,1-3H3. The highest BCUT2D eigenvalue weighted by Gasteiger charge is 2.47. The zero-order valence-electron chi connectivity index (χ0n) is 22.4. The maximum Gasteiger partial charge on any atom is 0.124 e. The zero-order valence-corrected chi connectivity index (χ0v) is 23.2. The lowest BCUT2D eigenvalue weighted by molar-refractivity contribution is -0.0252. The molecule has 1 aliphatic carbocycles. The summed E-state index contributed by atoms with van der Waals surface area (Å²) in [6, 6.07) is 13.0. The summed E-state index contributed by atoms with van der Waals surface area (Å²) >= 11 is 1.87. The summed E-state index contributed by atoms with van der Waals surface area (Å²) in [4.78, 5) is 11.4. The van der Waals surface area contributed by atoms with Crippen molar-refractivity contribution in [3.05, 3.63) is 58.1 Å². The van der Waals surface area contributed by atoms with Crippen LogP contribution in [0.4, 0.5) is 0 Å². The van der Waals surface area contributed by atoms with Crippen LogP contribution in [-0.2, 0) is 13.0 Å². The second-order valence-corrected chi connectivity index (χ2v) is 12.7. The fraction of sp³-hybridized carbons (Fsp3) is 0.516. The molecule has 3 aromatic rings. The molecule has 6 heteroatoms. The van der Waals surface area contributed by atoms with Crippen LogP contribution in [0.1, 0.15) is 47.4 Å². The van der Waals surface area contributed by atoms with Crippen molar-refractivity contribution in [3.8, 4) is 27.4 Å². The van der Waals surface area contributed by atoms with Crippen LogP contribution >= 0.6 is 11.3 Å². The highest BCUT2D eigenvalue weighted by Crippen LogP contribution is 2.48. The summed E-state index contributed by atoms with van der Waals surface area (Å²) < 4.78 is 6.31. The summed E-state index contributed by atoms with van der Waals surface area (Å²) in [5, 5.41) is 10.9. The largest absolute Gasteiger partial charge is 0.493 e. The van der Waals surface area contributed by atoms with Crippen LogP contribution < -0.4 is 4.74 Å². The molecule has 0 bridgehead atoms. The first-order valence-electron chi connectivity index (χ1n) is 13.8. The van der Waals surface area contributed by atoms with E-state index in [1.54, 1.807) is 0 Å². The van der Waals surface area contributed by atoms with Gasteiger partial charge in [-0.3, -0.25) is 0 Å². The average molecular weight is 518 g/mol. The molecule has 1 N–H and O–H groups in total. The highest BCUT2D eigenvalue weighted by atomic mass is 32.1. The number of hydrogen-bond donors (Lipinski definition) is 1. The molecule has 0 radical (unpaired) electrons. The smallest absolute Gasteiger partial charge is 0.124 e. The van der Waals surface area contributed by atoms with Crippen LogP contribution in [-0.4, -0.2) is 65.8 Å². The van der Waals surface area contributed by atoms with Crippen molar-refractivity contribution in [2.75, 3.05) is 39.8 Å². The Morgan fingerprint density at radius 2 is 1.81 bits per heavy atom. The number of aliphatic hydroxyl groups excluding tert-OH is 1. The summed E-state index contributed by atoms with van der Waals surface area (Å²) in [6.07, 6.45) is 5.30. The SMILES string of the molecule is Cc1c(OCCCN2CCC3(CC(O)C3)C2)cccc1-c1cccc(-c2nc3c(s2)CCN(C)C3)c1C. The first kappa shape index (κ1) is 25.1. The van der Waals surface area contributed by atoms with Gasteiger partial charge >= 0.3 is 0 Å². The number of rotatable bonds is 7. The van der Waals surface area contributed by atoms with Crippen LogP contribution in [0, 0.1) is 19.3 Å². The number of ether oxygens (including phenoxy) is 1. The van der Waals surface area contributed by atoms with E-state index in [1.165, 1.54) is 44.8 Å². The molecule has 2 fully saturated rings. The van der Waals surface area contributed by atoms with E-state index in [1.807, 2.05) is 11.3 Å². The summed E-state index contributed by atoms with van der Waals surface area (Å²) in [7, 11) is 2.18. The predicted molar refractivity (Wildman–Crippen MR) is 151 cm³/mol. The van der Waals surface area contributed by atoms with Gasteiger partial charge < -0.3 is 19.6 Å². The number of fused-ring (bicyclic) bond motifs is 1. The maximum absolute atomic E-state index is 9.72. The Kier molecular flexibility index (Phi) is 6.87. The van der Waals surface area contributed by atoms with Gasteiger partial charge in [0.2, 0.25) is 0 Å². The van der Waals surface area contributed by atoms with Gasteiger partial charge in [-0.25, -0.2) is 4.98 Å². The number of thiazole rings is 1. The number of likely N-dealkylation sites (tertiary alicyclic amines) is 1. The van der Waals surface area contributed by atoms with E-state index in [4.69, 9.17) is 9.72 Å². The van der Waals surface area contributed by atoms with Gasteiger partial charge in [-0.15, -0.1) is 11.3 Å². The molecule has 6 rings (SSSR count). The normalized spacial score (nSPS) is 23.8. The lowest BCUT2D eigenvalue weighted by Gasteiger charge is -2.42. The molecule has 0 atom stereocenters. The quantitative estimate of drug-likeness (QED) is 0.408. The van der Waals surface area contributed by atoms with Crippen molar-refractivity contribution in [1.82, 2.24) is 14.8 Å². The molecule has 3 heterocycles. The molecule has 1 aromatic heterocycles. The maximum atomic E-state index is 9.72. The summed E-state index contributed by atoms with van der Waals surface area (Å²) in [5.74, 6) is 0.982. The van der Waals surface area contributed by atoms with Gasteiger partial charge in [0, 0.05) is 36.6 Å². The molecule has 2 aliphatic heterocycles. The minimum atomic E-state index is -0.0585. The Bertz CT molecular complexity index is 1280. The fourth-order valence-electron chi connectivity index (χ4n) is 6.63. The van der Waals surface area contributed by atoms with Crippen molar-refractivity contribution in [2.45, 2.75) is 58.6 Å². The fourth-order valence-corrected chi connectivity index (χ4v) is 7.77. The van der Waals surface area contributed by atoms with E-state index in [2.05, 4.69) is 67.1 Å². The van der Waals surface area contributed by atoms with E-state index in [9.17, 15) is 5.11 Å². The molecule has 1 saturated heterocycles. The van der Waals surface area contributed by atoms with Crippen molar-refractivity contribution in [3.63, 3.8) is 0 Å². The van der Waals surface area contributed by atoms with Crippen molar-refractivity contribution >= 4 is 11.3 Å². The molecule has 37 heavy (non-hydrogen) atoms.